The van der Waals surface area contributed by atoms with E-state index in [0.717, 1.165) is 6.42 Å². The number of amides is 1. The maximum absolute atomic E-state index is 12.1. The number of aliphatic carboxylic acids is 1. The first-order valence-electron chi connectivity index (χ1n) is 5.69. The zero-order chi connectivity index (χ0) is 14.1. The number of carboxylic acid groups (broad SMARTS) is 1. The lowest BCUT2D eigenvalue weighted by atomic mass is 10.0. The summed E-state index contributed by atoms with van der Waals surface area (Å²) in [6, 6.07) is -1.90. The molecule has 104 valence electrons. The fourth-order valence-electron chi connectivity index (χ4n) is 1.91. The minimum Gasteiger partial charge on any atom is -0.480 e. The quantitative estimate of drug-likeness (QED) is 0.800. The maximum Gasteiger partial charge on any atom is 0.391 e. The van der Waals surface area contributed by atoms with Crippen molar-refractivity contribution in [3.8, 4) is 0 Å². The summed E-state index contributed by atoms with van der Waals surface area (Å²) in [6.07, 6.45) is -4.84. The summed E-state index contributed by atoms with van der Waals surface area (Å²) in [5, 5.41) is 10.6. The molecule has 1 amide bonds. The van der Waals surface area contributed by atoms with E-state index < -0.39 is 30.5 Å². The Morgan fingerprint density at radius 2 is 2.06 bits per heavy atom. The molecule has 0 heterocycles. The summed E-state index contributed by atoms with van der Waals surface area (Å²) in [7, 11) is 0. The molecule has 0 spiro atoms. The van der Waals surface area contributed by atoms with E-state index in [1.165, 1.54) is 0 Å². The minimum absolute atomic E-state index is 0.203. The van der Waals surface area contributed by atoms with Crippen LogP contribution in [0, 0.1) is 11.3 Å². The van der Waals surface area contributed by atoms with Gasteiger partial charge >= 0.3 is 12.1 Å². The van der Waals surface area contributed by atoms with Crippen LogP contribution in [0.3, 0.4) is 0 Å². The molecule has 1 aliphatic carbocycles. The van der Waals surface area contributed by atoms with Crippen molar-refractivity contribution in [1.29, 1.82) is 0 Å². The van der Waals surface area contributed by atoms with Gasteiger partial charge in [-0.3, -0.25) is 4.79 Å². The Labute approximate surface area is 103 Å². The third-order valence-corrected chi connectivity index (χ3v) is 3.53. The summed E-state index contributed by atoms with van der Waals surface area (Å²) in [4.78, 5) is 22.3. The predicted molar refractivity (Wildman–Crippen MR) is 56.7 cm³/mol. The number of hydrogen-bond donors (Lipinski definition) is 2. The summed E-state index contributed by atoms with van der Waals surface area (Å²) in [6.45, 7) is 3.74. The molecule has 4 nitrogen and oxygen atoms in total. The van der Waals surface area contributed by atoms with E-state index in [0.29, 0.717) is 6.42 Å². The molecular weight excluding hydrogens is 251 g/mol. The van der Waals surface area contributed by atoms with Crippen LogP contribution in [0.5, 0.6) is 0 Å². The lowest BCUT2D eigenvalue weighted by Gasteiger charge is -2.17. The first-order valence-corrected chi connectivity index (χ1v) is 5.69. The summed E-state index contributed by atoms with van der Waals surface area (Å²) >= 11 is 0. The number of halogens is 3. The molecule has 0 bridgehead atoms. The first-order chi connectivity index (χ1) is 8.09. The summed E-state index contributed by atoms with van der Waals surface area (Å²) in [5.74, 6) is -2.65. The van der Waals surface area contributed by atoms with Gasteiger partial charge in [-0.25, -0.2) is 4.79 Å². The van der Waals surface area contributed by atoms with Crippen molar-refractivity contribution in [2.45, 2.75) is 45.3 Å². The van der Waals surface area contributed by atoms with Gasteiger partial charge in [-0.2, -0.15) is 13.2 Å². The molecule has 0 radical (unpaired) electrons. The molecule has 0 saturated heterocycles. The standard InChI is InChI=1S/C11H16F3NO3/c1-3-10(2)4-6(10)8(16)15-7(9(17)18)5-11(12,13)14/h6-7H,3-5H2,1-2H3,(H,15,16)(H,17,18). The molecule has 0 aromatic carbocycles. The minimum atomic E-state index is -4.62. The van der Waals surface area contributed by atoms with Crippen LogP contribution in [-0.4, -0.2) is 29.2 Å². The lowest BCUT2D eigenvalue weighted by Crippen LogP contribution is -2.44. The van der Waals surface area contributed by atoms with Crippen LogP contribution >= 0.6 is 0 Å². The van der Waals surface area contributed by atoms with Gasteiger partial charge in [-0.05, 0) is 18.3 Å². The van der Waals surface area contributed by atoms with E-state index in [4.69, 9.17) is 5.11 Å². The molecule has 7 heteroatoms. The van der Waals surface area contributed by atoms with E-state index in [-0.39, 0.29) is 11.3 Å². The van der Waals surface area contributed by atoms with Gasteiger partial charge in [-0.1, -0.05) is 13.8 Å². The van der Waals surface area contributed by atoms with E-state index >= 15 is 0 Å². The fraction of sp³-hybridized carbons (Fsp3) is 0.818. The number of carbonyl (C=O) groups excluding carboxylic acids is 1. The normalized spacial score (nSPS) is 28.6. The van der Waals surface area contributed by atoms with Crippen LogP contribution in [0.1, 0.15) is 33.1 Å². The summed E-state index contributed by atoms with van der Waals surface area (Å²) in [5.41, 5.74) is -0.203. The van der Waals surface area contributed by atoms with Crippen molar-refractivity contribution in [2.75, 3.05) is 0 Å². The molecule has 2 N–H and O–H groups in total. The molecule has 0 aromatic rings. The van der Waals surface area contributed by atoms with Gasteiger partial charge in [0.1, 0.15) is 6.04 Å². The maximum atomic E-state index is 12.1. The molecule has 0 aliphatic heterocycles. The Morgan fingerprint density at radius 1 is 1.50 bits per heavy atom. The third kappa shape index (κ3) is 3.61. The number of alkyl halides is 3. The van der Waals surface area contributed by atoms with Gasteiger partial charge in [0.25, 0.3) is 0 Å². The lowest BCUT2D eigenvalue weighted by molar-refractivity contribution is -0.160. The molecular formula is C11H16F3NO3. The number of carbonyl (C=O) groups is 2. The SMILES string of the molecule is CCC1(C)CC1C(=O)NC(CC(F)(F)F)C(=O)O. The van der Waals surface area contributed by atoms with Crippen LogP contribution in [0.15, 0.2) is 0 Å². The molecule has 3 unspecified atom stereocenters. The molecule has 3 atom stereocenters. The second-order valence-corrected chi connectivity index (χ2v) is 4.98. The Morgan fingerprint density at radius 3 is 2.39 bits per heavy atom. The highest BCUT2D eigenvalue weighted by molar-refractivity contribution is 5.87. The number of rotatable bonds is 5. The van der Waals surface area contributed by atoms with E-state index in [1.54, 1.807) is 0 Å². The molecule has 18 heavy (non-hydrogen) atoms. The predicted octanol–water partition coefficient (Wildman–Crippen LogP) is 1.94. The van der Waals surface area contributed by atoms with E-state index in [2.05, 4.69) is 0 Å². The number of hydrogen-bond acceptors (Lipinski definition) is 2. The Balaban J connectivity index is 2.58. The molecule has 1 fully saturated rings. The first kappa shape index (κ1) is 14.8. The molecule has 1 rings (SSSR count). The second-order valence-electron chi connectivity index (χ2n) is 4.98. The monoisotopic (exact) mass is 267 g/mol. The van der Waals surface area contributed by atoms with Crippen LogP contribution < -0.4 is 5.32 Å². The van der Waals surface area contributed by atoms with Crippen LogP contribution in [0.2, 0.25) is 0 Å². The van der Waals surface area contributed by atoms with Gasteiger partial charge in [0.15, 0.2) is 0 Å². The second kappa shape index (κ2) is 4.78. The fourth-order valence-corrected chi connectivity index (χ4v) is 1.91. The van der Waals surface area contributed by atoms with Gasteiger partial charge in [0, 0.05) is 5.92 Å². The summed E-state index contributed by atoms with van der Waals surface area (Å²) < 4.78 is 36.4. The zero-order valence-electron chi connectivity index (χ0n) is 10.2. The van der Waals surface area contributed by atoms with Gasteiger partial charge in [0.05, 0.1) is 6.42 Å². The van der Waals surface area contributed by atoms with Crippen molar-refractivity contribution >= 4 is 11.9 Å². The highest BCUT2D eigenvalue weighted by Crippen LogP contribution is 2.54. The van der Waals surface area contributed by atoms with Gasteiger partial charge in [0.2, 0.25) is 5.91 Å². The highest BCUT2D eigenvalue weighted by Gasteiger charge is 2.53. The third-order valence-electron chi connectivity index (χ3n) is 3.53. The topological polar surface area (TPSA) is 66.4 Å². The Kier molecular flexibility index (Phi) is 3.92. The van der Waals surface area contributed by atoms with Crippen molar-refractivity contribution in [3.63, 3.8) is 0 Å². The number of carboxylic acids is 1. The van der Waals surface area contributed by atoms with E-state index in [9.17, 15) is 22.8 Å². The van der Waals surface area contributed by atoms with Crippen molar-refractivity contribution in [1.82, 2.24) is 5.32 Å². The van der Waals surface area contributed by atoms with E-state index in [1.807, 2.05) is 19.2 Å². The number of nitrogens with one attached hydrogen (secondary N) is 1. The van der Waals surface area contributed by atoms with Crippen molar-refractivity contribution in [3.05, 3.63) is 0 Å². The molecule has 1 saturated carbocycles. The molecule has 0 aromatic heterocycles. The Hall–Kier alpha value is -1.27. The average molecular weight is 267 g/mol. The molecule has 1 aliphatic rings. The van der Waals surface area contributed by atoms with Crippen LogP contribution in [0.4, 0.5) is 13.2 Å². The smallest absolute Gasteiger partial charge is 0.391 e. The zero-order valence-corrected chi connectivity index (χ0v) is 10.2. The van der Waals surface area contributed by atoms with Crippen molar-refractivity contribution < 1.29 is 27.9 Å². The Bertz CT molecular complexity index is 356. The largest absolute Gasteiger partial charge is 0.480 e. The highest BCUT2D eigenvalue weighted by atomic mass is 19.4. The van der Waals surface area contributed by atoms with Crippen molar-refractivity contribution in [2.24, 2.45) is 11.3 Å². The average Bonchev–Trinajstić information content (AvgIpc) is 2.89. The van der Waals surface area contributed by atoms with Crippen LogP contribution in [0.25, 0.3) is 0 Å². The van der Waals surface area contributed by atoms with Crippen LogP contribution in [-0.2, 0) is 9.59 Å². The van der Waals surface area contributed by atoms with Gasteiger partial charge < -0.3 is 10.4 Å². The van der Waals surface area contributed by atoms with Gasteiger partial charge in [-0.15, -0.1) is 0 Å².